The molecule has 0 radical (unpaired) electrons. The summed E-state index contributed by atoms with van der Waals surface area (Å²) < 4.78 is 48.8. The fourth-order valence-corrected chi connectivity index (χ4v) is 5.09. The van der Waals surface area contributed by atoms with E-state index in [0.29, 0.717) is 24.0 Å². The summed E-state index contributed by atoms with van der Waals surface area (Å²) in [5.74, 6) is -1.82. The van der Waals surface area contributed by atoms with Gasteiger partial charge < -0.3 is 19.9 Å². The van der Waals surface area contributed by atoms with E-state index in [1.165, 1.54) is 13.1 Å². The summed E-state index contributed by atoms with van der Waals surface area (Å²) in [4.78, 5) is 40.0. The Hall–Kier alpha value is -3.29. The lowest BCUT2D eigenvalue weighted by atomic mass is 10.1. The molecule has 0 amide bonds. The van der Waals surface area contributed by atoms with Gasteiger partial charge in [-0.25, -0.2) is 4.79 Å². The average molecular weight is 524 g/mol. The van der Waals surface area contributed by atoms with Gasteiger partial charge in [0.1, 0.15) is 30.4 Å². The summed E-state index contributed by atoms with van der Waals surface area (Å²) >= 11 is 0. The number of hydrogen-bond acceptors (Lipinski definition) is 11. The SMILES string of the molecule is CCCc1cn([C@@H]2O[C@H](COC(C)=O)[C@H](OS(=O)(=O)Cc3ccccc3)[C@H]2OC(C)=O)c(=O)nc1N. The van der Waals surface area contributed by atoms with Crippen LogP contribution in [-0.4, -0.2) is 54.8 Å². The van der Waals surface area contributed by atoms with Crippen LogP contribution in [0.1, 0.15) is 44.5 Å². The Morgan fingerprint density at radius 1 is 1.14 bits per heavy atom. The number of aromatic nitrogens is 2. The third-order valence-corrected chi connectivity index (χ3v) is 6.54. The van der Waals surface area contributed by atoms with Crippen molar-refractivity contribution >= 4 is 27.9 Å². The van der Waals surface area contributed by atoms with Crippen molar-refractivity contribution in [1.29, 1.82) is 0 Å². The van der Waals surface area contributed by atoms with E-state index in [2.05, 4.69) is 4.98 Å². The van der Waals surface area contributed by atoms with E-state index in [1.54, 1.807) is 30.3 Å². The summed E-state index contributed by atoms with van der Waals surface area (Å²) in [5.41, 5.74) is 6.10. The maximum atomic E-state index is 12.9. The average Bonchev–Trinajstić information content (AvgIpc) is 3.10. The molecule has 1 fully saturated rings. The molecule has 0 aliphatic carbocycles. The van der Waals surface area contributed by atoms with Crippen molar-refractivity contribution in [2.24, 2.45) is 0 Å². The molecular weight excluding hydrogens is 494 g/mol. The van der Waals surface area contributed by atoms with Crippen molar-refractivity contribution in [2.45, 2.75) is 63.9 Å². The second kappa shape index (κ2) is 11.6. The number of nitrogen functional groups attached to an aromatic ring is 1. The second-order valence-electron chi connectivity index (χ2n) is 8.28. The van der Waals surface area contributed by atoms with Gasteiger partial charge >= 0.3 is 17.6 Å². The first kappa shape index (κ1) is 27.3. The fourth-order valence-electron chi connectivity index (χ4n) is 3.85. The predicted octanol–water partition coefficient (Wildman–Crippen LogP) is 1.09. The number of nitrogens with zero attached hydrogens (tertiary/aromatic N) is 2. The minimum absolute atomic E-state index is 0.0508. The van der Waals surface area contributed by atoms with E-state index in [-0.39, 0.29) is 5.82 Å². The number of carbonyl (C=O) groups is 2. The minimum Gasteiger partial charge on any atom is -0.463 e. The topological polar surface area (TPSA) is 166 Å². The van der Waals surface area contributed by atoms with Gasteiger partial charge in [0.15, 0.2) is 12.3 Å². The Balaban J connectivity index is 2.01. The van der Waals surface area contributed by atoms with Crippen LogP contribution >= 0.6 is 0 Å². The maximum absolute atomic E-state index is 12.9. The highest BCUT2D eigenvalue weighted by Crippen LogP contribution is 2.35. The van der Waals surface area contributed by atoms with Crippen LogP contribution in [0.15, 0.2) is 41.3 Å². The molecular formula is C23H29N3O9S. The first-order chi connectivity index (χ1) is 17.0. The van der Waals surface area contributed by atoms with Gasteiger partial charge in [0.25, 0.3) is 10.1 Å². The number of aryl methyl sites for hydroxylation is 1. The number of esters is 2. The largest absolute Gasteiger partial charge is 0.463 e. The summed E-state index contributed by atoms with van der Waals surface area (Å²) in [7, 11) is -4.23. The molecule has 1 aliphatic heterocycles. The Labute approximate surface area is 208 Å². The quantitative estimate of drug-likeness (QED) is 0.350. The van der Waals surface area contributed by atoms with Crippen LogP contribution in [0.2, 0.25) is 0 Å². The molecule has 1 aromatic carbocycles. The van der Waals surface area contributed by atoms with Crippen molar-refractivity contribution in [2.75, 3.05) is 12.3 Å². The molecule has 1 aromatic heterocycles. The number of anilines is 1. The highest BCUT2D eigenvalue weighted by atomic mass is 32.2. The number of rotatable bonds is 10. The Morgan fingerprint density at radius 2 is 1.83 bits per heavy atom. The Morgan fingerprint density at radius 3 is 2.44 bits per heavy atom. The zero-order valence-corrected chi connectivity index (χ0v) is 21.0. The van der Waals surface area contributed by atoms with Crippen molar-refractivity contribution in [3.8, 4) is 0 Å². The van der Waals surface area contributed by atoms with Gasteiger partial charge in [-0.05, 0) is 12.0 Å². The van der Waals surface area contributed by atoms with Crippen LogP contribution in [0.3, 0.4) is 0 Å². The van der Waals surface area contributed by atoms with Gasteiger partial charge in [0, 0.05) is 25.6 Å². The lowest BCUT2D eigenvalue weighted by Crippen LogP contribution is -2.42. The van der Waals surface area contributed by atoms with Gasteiger partial charge in [0.05, 0.1) is 0 Å². The van der Waals surface area contributed by atoms with Crippen molar-refractivity contribution in [3.63, 3.8) is 0 Å². The van der Waals surface area contributed by atoms with E-state index in [0.717, 1.165) is 11.5 Å². The van der Waals surface area contributed by atoms with Crippen LogP contribution in [0.4, 0.5) is 5.82 Å². The molecule has 1 aliphatic rings. The standard InChI is InChI=1S/C23H29N3O9S/c1-4-8-17-11-26(23(29)25-21(17)24)22-20(33-15(3)28)19(18(34-22)12-32-14(2)27)35-36(30,31)13-16-9-6-5-7-10-16/h5-7,9-11,18-20,22H,4,8,12-13H2,1-3H3,(H2,24,25,29)/t18-,19+,20-,22-/m1/s1. The van der Waals surface area contributed by atoms with Crippen LogP contribution < -0.4 is 11.4 Å². The first-order valence-electron chi connectivity index (χ1n) is 11.3. The second-order valence-corrected chi connectivity index (χ2v) is 9.88. The summed E-state index contributed by atoms with van der Waals surface area (Å²) in [6.45, 7) is 3.80. The number of benzene rings is 1. The predicted molar refractivity (Wildman–Crippen MR) is 127 cm³/mol. The molecule has 13 heteroatoms. The van der Waals surface area contributed by atoms with Gasteiger partial charge in [-0.3, -0.25) is 18.3 Å². The molecule has 2 heterocycles. The molecule has 2 aromatic rings. The summed E-state index contributed by atoms with van der Waals surface area (Å²) in [5, 5.41) is 0. The zero-order valence-electron chi connectivity index (χ0n) is 20.2. The molecule has 196 valence electrons. The molecule has 0 bridgehead atoms. The molecule has 12 nitrogen and oxygen atoms in total. The van der Waals surface area contributed by atoms with Crippen LogP contribution in [-0.2, 0) is 50.3 Å². The monoisotopic (exact) mass is 523 g/mol. The normalized spacial score (nSPS) is 21.8. The molecule has 0 saturated carbocycles. The number of ether oxygens (including phenoxy) is 3. The maximum Gasteiger partial charge on any atom is 0.351 e. The molecule has 4 atom stereocenters. The Bertz CT molecular complexity index is 1250. The summed E-state index contributed by atoms with van der Waals surface area (Å²) in [6.07, 6.45) is -2.67. The third kappa shape index (κ3) is 6.89. The fraction of sp³-hybridized carbons (Fsp3) is 0.478. The molecule has 3 rings (SSSR count). The van der Waals surface area contributed by atoms with Gasteiger partial charge in [-0.2, -0.15) is 13.4 Å². The molecule has 36 heavy (non-hydrogen) atoms. The van der Waals surface area contributed by atoms with E-state index in [1.807, 2.05) is 6.92 Å². The van der Waals surface area contributed by atoms with Crippen LogP contribution in [0, 0.1) is 0 Å². The van der Waals surface area contributed by atoms with E-state index < -0.39 is 64.6 Å². The lowest BCUT2D eigenvalue weighted by molar-refractivity contribution is -0.155. The first-order valence-corrected chi connectivity index (χ1v) is 12.9. The van der Waals surface area contributed by atoms with E-state index in [9.17, 15) is 22.8 Å². The smallest absolute Gasteiger partial charge is 0.351 e. The van der Waals surface area contributed by atoms with Crippen LogP contribution in [0.5, 0.6) is 0 Å². The van der Waals surface area contributed by atoms with Gasteiger partial charge in [-0.15, -0.1) is 0 Å². The number of hydrogen-bond donors (Lipinski definition) is 1. The third-order valence-electron chi connectivity index (χ3n) is 5.34. The highest BCUT2D eigenvalue weighted by Gasteiger charge is 2.51. The van der Waals surface area contributed by atoms with E-state index in [4.69, 9.17) is 24.1 Å². The van der Waals surface area contributed by atoms with Gasteiger partial charge in [-0.1, -0.05) is 43.7 Å². The minimum atomic E-state index is -4.23. The molecule has 0 spiro atoms. The molecule has 2 N–H and O–H groups in total. The van der Waals surface area contributed by atoms with Gasteiger partial charge in [0.2, 0.25) is 0 Å². The Kier molecular flexibility index (Phi) is 8.82. The molecule has 1 saturated heterocycles. The van der Waals surface area contributed by atoms with Crippen molar-refractivity contribution in [3.05, 3.63) is 58.1 Å². The lowest BCUT2D eigenvalue weighted by Gasteiger charge is -2.24. The number of nitrogens with two attached hydrogens (primary N) is 1. The zero-order chi connectivity index (χ0) is 26.5. The number of carbonyl (C=O) groups excluding carboxylic acids is 2. The van der Waals surface area contributed by atoms with Crippen LogP contribution in [0.25, 0.3) is 0 Å². The van der Waals surface area contributed by atoms with Crippen molar-refractivity contribution < 1.29 is 36.4 Å². The van der Waals surface area contributed by atoms with E-state index >= 15 is 0 Å². The summed E-state index contributed by atoms with van der Waals surface area (Å²) in [6, 6.07) is 8.33. The van der Waals surface area contributed by atoms with Crippen molar-refractivity contribution in [1.82, 2.24) is 9.55 Å². The highest BCUT2D eigenvalue weighted by molar-refractivity contribution is 7.85. The molecule has 0 unspecified atom stereocenters.